The summed E-state index contributed by atoms with van der Waals surface area (Å²) in [6.07, 6.45) is 0.834. The van der Waals surface area contributed by atoms with Crippen LogP contribution in [0.3, 0.4) is 0 Å². The lowest BCUT2D eigenvalue weighted by molar-refractivity contribution is 0.0562. The summed E-state index contributed by atoms with van der Waals surface area (Å²) in [6.45, 7) is 2.55. The van der Waals surface area contributed by atoms with Gasteiger partial charge in [0.2, 0.25) is 5.76 Å². The summed E-state index contributed by atoms with van der Waals surface area (Å²) in [4.78, 5) is 11.1. The molecule has 1 aromatic rings. The van der Waals surface area contributed by atoms with Gasteiger partial charge < -0.3 is 19.6 Å². The number of methoxy groups -OCH3 is 1. The normalized spacial score (nSPS) is 12.4. The maximum atomic E-state index is 11.1. The Kier molecular flexibility index (Phi) is 5.01. The first-order valence-corrected chi connectivity index (χ1v) is 5.22. The highest BCUT2D eigenvalue weighted by molar-refractivity contribution is 5.86. The van der Waals surface area contributed by atoms with Crippen LogP contribution in [0.25, 0.3) is 0 Å². The first kappa shape index (κ1) is 12.7. The Balaban J connectivity index is 2.49. The molecule has 16 heavy (non-hydrogen) atoms. The Morgan fingerprint density at radius 3 is 2.94 bits per heavy atom. The van der Waals surface area contributed by atoms with Gasteiger partial charge >= 0.3 is 5.97 Å². The fraction of sp³-hybridized carbons (Fsp3) is 0.545. The van der Waals surface area contributed by atoms with Crippen molar-refractivity contribution < 1.29 is 19.1 Å². The van der Waals surface area contributed by atoms with Gasteiger partial charge in [-0.3, -0.25) is 0 Å². The van der Waals surface area contributed by atoms with Crippen molar-refractivity contribution in [1.29, 1.82) is 0 Å². The number of esters is 1. The largest absolute Gasteiger partial charge is 0.463 e. The molecule has 0 aliphatic heterocycles. The molecule has 0 amide bonds. The highest BCUT2D eigenvalue weighted by Gasteiger charge is 2.11. The second kappa shape index (κ2) is 6.30. The van der Waals surface area contributed by atoms with E-state index < -0.39 is 5.97 Å². The average molecular weight is 227 g/mol. The standard InChI is InChI=1S/C11H17NO4/c1-3-8(7-13)12-6-9-4-5-10(16-9)11(14)15-2/h4-5,8,12-13H,3,6-7H2,1-2H3/t8-/m0/s1. The van der Waals surface area contributed by atoms with Gasteiger partial charge in [-0.2, -0.15) is 0 Å². The number of hydrogen-bond donors (Lipinski definition) is 2. The lowest BCUT2D eigenvalue weighted by Crippen LogP contribution is -2.30. The topological polar surface area (TPSA) is 71.7 Å². The summed E-state index contributed by atoms with van der Waals surface area (Å²) < 4.78 is 9.78. The molecule has 0 spiro atoms. The number of hydrogen-bond acceptors (Lipinski definition) is 5. The predicted molar refractivity (Wildman–Crippen MR) is 58.1 cm³/mol. The van der Waals surface area contributed by atoms with Crippen LogP contribution < -0.4 is 5.32 Å². The molecule has 0 aromatic carbocycles. The Morgan fingerprint density at radius 1 is 1.62 bits per heavy atom. The summed E-state index contributed by atoms with van der Waals surface area (Å²) in [7, 11) is 1.31. The monoisotopic (exact) mass is 227 g/mol. The molecule has 1 rings (SSSR count). The first-order chi connectivity index (χ1) is 7.71. The molecule has 0 fully saturated rings. The number of aliphatic hydroxyl groups excluding tert-OH is 1. The Morgan fingerprint density at radius 2 is 2.38 bits per heavy atom. The van der Waals surface area contributed by atoms with Crippen LogP contribution in [0, 0.1) is 0 Å². The summed E-state index contributed by atoms with van der Waals surface area (Å²) >= 11 is 0. The number of carbonyl (C=O) groups excluding carboxylic acids is 1. The van der Waals surface area contributed by atoms with Gasteiger partial charge in [0, 0.05) is 6.04 Å². The van der Waals surface area contributed by atoms with E-state index in [4.69, 9.17) is 9.52 Å². The van der Waals surface area contributed by atoms with Crippen molar-refractivity contribution in [1.82, 2.24) is 5.32 Å². The van der Waals surface area contributed by atoms with E-state index in [1.54, 1.807) is 12.1 Å². The van der Waals surface area contributed by atoms with Crippen LogP contribution in [0.1, 0.15) is 29.7 Å². The van der Waals surface area contributed by atoms with E-state index in [1.807, 2.05) is 6.92 Å². The van der Waals surface area contributed by atoms with E-state index in [9.17, 15) is 4.79 Å². The van der Waals surface area contributed by atoms with E-state index in [0.29, 0.717) is 12.3 Å². The van der Waals surface area contributed by atoms with E-state index in [2.05, 4.69) is 10.1 Å². The van der Waals surface area contributed by atoms with Gasteiger partial charge in [0.1, 0.15) is 5.76 Å². The lowest BCUT2D eigenvalue weighted by atomic mass is 10.2. The number of ether oxygens (including phenoxy) is 1. The van der Waals surface area contributed by atoms with E-state index in [1.165, 1.54) is 7.11 Å². The third-order valence-electron chi connectivity index (χ3n) is 2.33. The summed E-state index contributed by atoms with van der Waals surface area (Å²) in [5, 5.41) is 12.1. The van der Waals surface area contributed by atoms with Gasteiger partial charge in [-0.15, -0.1) is 0 Å². The van der Waals surface area contributed by atoms with E-state index in [-0.39, 0.29) is 18.4 Å². The third kappa shape index (κ3) is 3.36. The molecule has 0 bridgehead atoms. The second-order valence-electron chi connectivity index (χ2n) is 3.43. The van der Waals surface area contributed by atoms with Crippen LogP contribution in [0.4, 0.5) is 0 Å². The van der Waals surface area contributed by atoms with Gasteiger partial charge in [0.25, 0.3) is 0 Å². The SMILES string of the molecule is CC[C@@H](CO)NCc1ccc(C(=O)OC)o1. The molecule has 1 aromatic heterocycles. The number of rotatable bonds is 6. The Bertz CT molecular complexity index is 330. The van der Waals surface area contributed by atoms with Crippen LogP contribution in [0.2, 0.25) is 0 Å². The molecule has 5 heteroatoms. The minimum Gasteiger partial charge on any atom is -0.463 e. The molecule has 5 nitrogen and oxygen atoms in total. The van der Waals surface area contributed by atoms with Crippen molar-refractivity contribution in [3.63, 3.8) is 0 Å². The third-order valence-corrected chi connectivity index (χ3v) is 2.33. The zero-order valence-corrected chi connectivity index (χ0v) is 9.53. The van der Waals surface area contributed by atoms with Crippen LogP contribution in [-0.4, -0.2) is 30.8 Å². The van der Waals surface area contributed by atoms with Gasteiger partial charge in [-0.1, -0.05) is 6.92 Å². The molecule has 90 valence electrons. The summed E-state index contributed by atoms with van der Waals surface area (Å²) in [5.41, 5.74) is 0. The van der Waals surface area contributed by atoms with Crippen molar-refractivity contribution in [2.75, 3.05) is 13.7 Å². The van der Waals surface area contributed by atoms with Crippen molar-refractivity contribution in [3.8, 4) is 0 Å². The fourth-order valence-electron chi connectivity index (χ4n) is 1.27. The van der Waals surface area contributed by atoms with Gasteiger partial charge in [0.15, 0.2) is 0 Å². The van der Waals surface area contributed by atoms with Crippen molar-refractivity contribution in [2.24, 2.45) is 0 Å². The van der Waals surface area contributed by atoms with E-state index in [0.717, 1.165) is 6.42 Å². The zero-order chi connectivity index (χ0) is 12.0. The Hall–Kier alpha value is -1.33. The second-order valence-corrected chi connectivity index (χ2v) is 3.43. The minimum absolute atomic E-state index is 0.0478. The molecule has 0 unspecified atom stereocenters. The first-order valence-electron chi connectivity index (χ1n) is 5.22. The maximum absolute atomic E-state index is 11.1. The minimum atomic E-state index is -0.486. The molecule has 2 N–H and O–H groups in total. The molecule has 0 aliphatic rings. The molecular weight excluding hydrogens is 210 g/mol. The fourth-order valence-corrected chi connectivity index (χ4v) is 1.27. The van der Waals surface area contributed by atoms with Crippen LogP contribution >= 0.6 is 0 Å². The van der Waals surface area contributed by atoms with Crippen LogP contribution in [-0.2, 0) is 11.3 Å². The van der Waals surface area contributed by atoms with Crippen molar-refractivity contribution in [3.05, 3.63) is 23.7 Å². The highest BCUT2D eigenvalue weighted by Crippen LogP contribution is 2.09. The lowest BCUT2D eigenvalue weighted by Gasteiger charge is -2.12. The van der Waals surface area contributed by atoms with Crippen molar-refractivity contribution in [2.45, 2.75) is 25.9 Å². The number of nitrogens with one attached hydrogen (secondary N) is 1. The molecular formula is C11H17NO4. The predicted octanol–water partition coefficient (Wildman–Crippen LogP) is 0.927. The van der Waals surface area contributed by atoms with Crippen LogP contribution in [0.15, 0.2) is 16.5 Å². The number of carbonyl (C=O) groups is 1. The smallest absolute Gasteiger partial charge is 0.373 e. The Labute approximate surface area is 94.4 Å². The summed E-state index contributed by atoms with van der Waals surface area (Å²) in [5.74, 6) is 0.351. The van der Waals surface area contributed by atoms with Crippen molar-refractivity contribution >= 4 is 5.97 Å². The molecule has 0 saturated carbocycles. The zero-order valence-electron chi connectivity index (χ0n) is 9.53. The molecule has 1 heterocycles. The van der Waals surface area contributed by atoms with Gasteiger partial charge in [-0.25, -0.2) is 4.79 Å². The summed E-state index contributed by atoms with van der Waals surface area (Å²) in [6, 6.07) is 3.33. The van der Waals surface area contributed by atoms with Gasteiger partial charge in [-0.05, 0) is 18.6 Å². The van der Waals surface area contributed by atoms with Gasteiger partial charge in [0.05, 0.1) is 20.3 Å². The van der Waals surface area contributed by atoms with Crippen LogP contribution in [0.5, 0.6) is 0 Å². The average Bonchev–Trinajstić information content (AvgIpc) is 2.78. The maximum Gasteiger partial charge on any atom is 0.373 e. The molecule has 0 radical (unpaired) electrons. The van der Waals surface area contributed by atoms with E-state index >= 15 is 0 Å². The number of aliphatic hydroxyl groups is 1. The molecule has 1 atom stereocenters. The quantitative estimate of drug-likeness (QED) is 0.707. The molecule has 0 aliphatic carbocycles. The molecule has 0 saturated heterocycles. The number of furan rings is 1. The highest BCUT2D eigenvalue weighted by atomic mass is 16.5.